The second-order valence-electron chi connectivity index (χ2n) is 8.99. The van der Waals surface area contributed by atoms with Gasteiger partial charge in [0.15, 0.2) is 8.32 Å². The Morgan fingerprint density at radius 2 is 1.74 bits per heavy atom. The highest BCUT2D eigenvalue weighted by molar-refractivity contribution is 6.77. The molecule has 1 aromatic carbocycles. The zero-order chi connectivity index (χ0) is 19.8. The number of hydrogen-bond donors (Lipinski definition) is 1. The molecule has 0 saturated heterocycles. The van der Waals surface area contributed by atoms with E-state index in [1.165, 1.54) is 18.4 Å². The molecule has 1 N–H and O–H groups in total. The van der Waals surface area contributed by atoms with Gasteiger partial charge in [-0.25, -0.2) is 0 Å². The van der Waals surface area contributed by atoms with Crippen molar-refractivity contribution in [2.45, 2.75) is 83.3 Å². The van der Waals surface area contributed by atoms with Crippen LogP contribution >= 0.6 is 0 Å². The summed E-state index contributed by atoms with van der Waals surface area (Å²) in [4.78, 5) is 12.9. The maximum Gasteiger partial charge on any atom is 0.211 e. The zero-order valence-corrected chi connectivity index (χ0v) is 18.6. The molecule has 2 aromatic rings. The van der Waals surface area contributed by atoms with Crippen LogP contribution in [0.3, 0.4) is 0 Å². The maximum absolute atomic E-state index is 12.9. The van der Waals surface area contributed by atoms with Crippen molar-refractivity contribution in [1.82, 2.24) is 10.2 Å². The Morgan fingerprint density at radius 3 is 2.30 bits per heavy atom. The highest BCUT2D eigenvalue weighted by Crippen LogP contribution is 2.42. The summed E-state index contributed by atoms with van der Waals surface area (Å²) in [6.07, 6.45) is 3.08. The number of nitrogens with one attached hydrogen (secondary N) is 1. The predicted molar refractivity (Wildman–Crippen MR) is 115 cm³/mol. The standard InChI is InChI=1S/C22H34N2O2Si/c1-14(2)27(15(3)4,16(5)6)26-12-11-20-22(25)19-10-9-18(17-7-8-17)13-21(19)24-23-20/h9-10,13-17H,7-8,11-12H2,1-6H3,(H,24,25). The summed E-state index contributed by atoms with van der Waals surface area (Å²) in [5, 5.41) is 8.22. The van der Waals surface area contributed by atoms with E-state index in [1.807, 2.05) is 6.07 Å². The van der Waals surface area contributed by atoms with Gasteiger partial charge in [-0.3, -0.25) is 9.89 Å². The van der Waals surface area contributed by atoms with Crippen molar-refractivity contribution in [1.29, 1.82) is 0 Å². The van der Waals surface area contributed by atoms with E-state index < -0.39 is 8.32 Å². The van der Waals surface area contributed by atoms with Crippen LogP contribution in [0, 0.1) is 0 Å². The van der Waals surface area contributed by atoms with E-state index in [0.717, 1.165) is 10.9 Å². The third-order valence-electron chi connectivity index (χ3n) is 6.31. The van der Waals surface area contributed by atoms with E-state index in [2.05, 4.69) is 63.9 Å². The van der Waals surface area contributed by atoms with Crippen molar-refractivity contribution in [2.24, 2.45) is 0 Å². The molecule has 4 nitrogen and oxygen atoms in total. The Balaban J connectivity index is 1.77. The first kappa shape index (κ1) is 20.3. The number of nitrogens with zero attached hydrogens (tertiary/aromatic N) is 1. The number of benzene rings is 1. The zero-order valence-electron chi connectivity index (χ0n) is 17.6. The summed E-state index contributed by atoms with van der Waals surface area (Å²) < 4.78 is 6.59. The van der Waals surface area contributed by atoms with Crippen LogP contribution in [0.25, 0.3) is 10.9 Å². The van der Waals surface area contributed by atoms with Gasteiger partial charge in [-0.15, -0.1) is 0 Å². The summed E-state index contributed by atoms with van der Waals surface area (Å²) in [6, 6.07) is 6.16. The molecule has 0 unspecified atom stereocenters. The fourth-order valence-electron chi connectivity index (χ4n) is 4.85. The fraction of sp³-hybridized carbons (Fsp3) is 0.636. The van der Waals surface area contributed by atoms with E-state index in [-0.39, 0.29) is 5.43 Å². The molecule has 1 aliphatic rings. The third-order valence-corrected chi connectivity index (χ3v) is 12.4. The average Bonchev–Trinajstić information content (AvgIpc) is 3.44. The molecular weight excluding hydrogens is 352 g/mol. The van der Waals surface area contributed by atoms with Crippen LogP contribution in [0.4, 0.5) is 0 Å². The van der Waals surface area contributed by atoms with Gasteiger partial charge in [0.05, 0.1) is 5.52 Å². The molecule has 1 aromatic heterocycles. The molecule has 3 rings (SSSR count). The van der Waals surface area contributed by atoms with Crippen molar-refractivity contribution < 1.29 is 4.43 Å². The van der Waals surface area contributed by atoms with Crippen LogP contribution in [0.15, 0.2) is 23.0 Å². The van der Waals surface area contributed by atoms with E-state index in [4.69, 9.17) is 4.43 Å². The molecule has 0 amide bonds. The lowest BCUT2D eigenvalue weighted by Crippen LogP contribution is -2.48. The summed E-state index contributed by atoms with van der Waals surface area (Å²) in [5.74, 6) is 0.673. The summed E-state index contributed by atoms with van der Waals surface area (Å²) >= 11 is 0. The van der Waals surface area contributed by atoms with Crippen LogP contribution in [0.5, 0.6) is 0 Å². The highest BCUT2D eigenvalue weighted by Gasteiger charge is 2.44. The van der Waals surface area contributed by atoms with Gasteiger partial charge in [-0.05, 0) is 53.1 Å². The summed E-state index contributed by atoms with van der Waals surface area (Å²) in [7, 11) is -1.91. The first-order valence-corrected chi connectivity index (χ1v) is 12.6. The minimum atomic E-state index is -1.91. The van der Waals surface area contributed by atoms with Gasteiger partial charge in [-0.2, -0.15) is 5.10 Å². The summed E-state index contributed by atoms with van der Waals surface area (Å²) in [6.45, 7) is 14.3. The van der Waals surface area contributed by atoms with Gasteiger partial charge >= 0.3 is 0 Å². The Labute approximate surface area is 163 Å². The summed E-state index contributed by atoms with van der Waals surface area (Å²) in [5.41, 5.74) is 4.42. The molecule has 1 aliphatic carbocycles. The monoisotopic (exact) mass is 386 g/mol. The van der Waals surface area contributed by atoms with Gasteiger partial charge in [0.1, 0.15) is 5.69 Å². The smallest absolute Gasteiger partial charge is 0.211 e. The predicted octanol–water partition coefficient (Wildman–Crippen LogP) is 5.54. The second kappa shape index (κ2) is 7.88. The maximum atomic E-state index is 12.9. The van der Waals surface area contributed by atoms with Gasteiger partial charge < -0.3 is 4.43 Å². The third kappa shape index (κ3) is 3.90. The molecule has 1 fully saturated rings. The number of hydrogen-bond acceptors (Lipinski definition) is 3. The van der Waals surface area contributed by atoms with Crippen molar-refractivity contribution in [3.8, 4) is 0 Å². The molecule has 1 saturated carbocycles. The topological polar surface area (TPSA) is 55.0 Å². The molecule has 148 valence electrons. The Hall–Kier alpha value is -1.46. The van der Waals surface area contributed by atoms with Crippen molar-refractivity contribution in [2.75, 3.05) is 6.61 Å². The van der Waals surface area contributed by atoms with Gasteiger partial charge in [0.2, 0.25) is 5.43 Å². The Morgan fingerprint density at radius 1 is 1.11 bits per heavy atom. The normalized spacial score (nSPS) is 15.4. The van der Waals surface area contributed by atoms with Gasteiger partial charge in [-0.1, -0.05) is 47.6 Å². The van der Waals surface area contributed by atoms with Gasteiger partial charge in [0.25, 0.3) is 0 Å². The Bertz CT molecular complexity index is 831. The molecule has 27 heavy (non-hydrogen) atoms. The molecule has 0 aliphatic heterocycles. The first-order valence-electron chi connectivity index (χ1n) is 10.4. The number of rotatable bonds is 8. The lowest BCUT2D eigenvalue weighted by atomic mass is 10.1. The van der Waals surface area contributed by atoms with Crippen LogP contribution in [0.2, 0.25) is 16.6 Å². The molecule has 0 radical (unpaired) electrons. The van der Waals surface area contributed by atoms with Crippen LogP contribution in [-0.2, 0) is 10.8 Å². The molecule has 0 bridgehead atoms. The lowest BCUT2D eigenvalue weighted by Gasteiger charge is -2.42. The fourth-order valence-corrected chi connectivity index (χ4v) is 10.3. The molecule has 0 spiro atoms. The first-order chi connectivity index (χ1) is 12.8. The minimum absolute atomic E-state index is 0.0422. The Kier molecular flexibility index (Phi) is 5.92. The quantitative estimate of drug-likeness (QED) is 0.606. The van der Waals surface area contributed by atoms with E-state index in [9.17, 15) is 4.79 Å². The molecule has 0 atom stereocenters. The number of aromatic nitrogens is 2. The van der Waals surface area contributed by atoms with E-state index in [0.29, 0.717) is 41.3 Å². The highest BCUT2D eigenvalue weighted by atomic mass is 28.4. The van der Waals surface area contributed by atoms with Crippen LogP contribution in [0.1, 0.15) is 71.6 Å². The van der Waals surface area contributed by atoms with Crippen LogP contribution in [-0.4, -0.2) is 25.1 Å². The minimum Gasteiger partial charge on any atom is -0.416 e. The molecule has 5 heteroatoms. The van der Waals surface area contributed by atoms with Crippen LogP contribution < -0.4 is 5.43 Å². The van der Waals surface area contributed by atoms with Crippen molar-refractivity contribution >= 4 is 19.2 Å². The molecular formula is C22H34N2O2Si. The van der Waals surface area contributed by atoms with E-state index in [1.54, 1.807) is 0 Å². The molecule has 1 heterocycles. The SMILES string of the molecule is CC(C)[Si](OCCc1n[nH]c2cc(C3CC3)ccc2c1=O)(C(C)C)C(C)C. The number of aromatic amines is 1. The number of fused-ring (bicyclic) bond motifs is 1. The lowest BCUT2D eigenvalue weighted by molar-refractivity contribution is 0.279. The largest absolute Gasteiger partial charge is 0.416 e. The van der Waals surface area contributed by atoms with Crippen molar-refractivity contribution in [3.63, 3.8) is 0 Å². The van der Waals surface area contributed by atoms with Gasteiger partial charge in [0, 0.05) is 18.4 Å². The van der Waals surface area contributed by atoms with E-state index >= 15 is 0 Å². The average molecular weight is 387 g/mol. The number of H-pyrrole nitrogens is 1. The van der Waals surface area contributed by atoms with Crippen molar-refractivity contribution in [3.05, 3.63) is 39.7 Å². The second-order valence-corrected chi connectivity index (χ2v) is 14.5.